The first-order valence-electron chi connectivity index (χ1n) is 13.3. The van der Waals surface area contributed by atoms with Crippen LogP contribution in [-0.2, 0) is 16.1 Å². The molecule has 2 aromatic carbocycles. The van der Waals surface area contributed by atoms with Crippen molar-refractivity contribution >= 4 is 17.5 Å². The Bertz CT molecular complexity index is 1350. The van der Waals surface area contributed by atoms with E-state index in [0.29, 0.717) is 28.4 Å². The molecule has 2 saturated heterocycles. The molecule has 0 bridgehead atoms. The van der Waals surface area contributed by atoms with Crippen LogP contribution in [-0.4, -0.2) is 67.7 Å². The minimum atomic E-state index is -0.859. The highest BCUT2D eigenvalue weighted by Gasteiger charge is 2.43. The van der Waals surface area contributed by atoms with Crippen LogP contribution in [0.2, 0.25) is 0 Å². The van der Waals surface area contributed by atoms with Crippen LogP contribution in [0, 0.1) is 5.41 Å². The maximum absolute atomic E-state index is 13.4. The summed E-state index contributed by atoms with van der Waals surface area (Å²) in [6.07, 6.45) is 3.77. The second-order valence-electron chi connectivity index (χ2n) is 10.6. The van der Waals surface area contributed by atoms with Crippen LogP contribution in [0.25, 0.3) is 0 Å². The summed E-state index contributed by atoms with van der Waals surface area (Å²) in [5.41, 5.74) is 2.39. The van der Waals surface area contributed by atoms with Crippen molar-refractivity contribution in [1.82, 2.24) is 15.2 Å². The number of benzene rings is 2. The van der Waals surface area contributed by atoms with Crippen molar-refractivity contribution in [2.45, 2.75) is 25.4 Å². The highest BCUT2D eigenvalue weighted by molar-refractivity contribution is 6.03. The first-order valence-corrected chi connectivity index (χ1v) is 13.3. The summed E-state index contributed by atoms with van der Waals surface area (Å²) in [4.78, 5) is 34.6. The molecule has 6 rings (SSSR count). The molecule has 1 unspecified atom stereocenters. The number of nitrogens with zero attached hydrogens (tertiary/aromatic N) is 3. The number of para-hydroxylation sites is 1. The average Bonchev–Trinajstić information content (AvgIpc) is 3.05. The highest BCUT2D eigenvalue weighted by Crippen LogP contribution is 2.41. The van der Waals surface area contributed by atoms with Gasteiger partial charge in [0.2, 0.25) is 0 Å². The molecule has 3 aromatic rings. The molecule has 1 N–H and O–H groups in total. The maximum Gasteiger partial charge on any atom is 0.270 e. The number of rotatable bonds is 6. The molecule has 2 amide bonds. The quantitative estimate of drug-likeness (QED) is 0.522. The molecule has 202 valence electrons. The predicted molar refractivity (Wildman–Crippen MR) is 145 cm³/mol. The van der Waals surface area contributed by atoms with Crippen molar-refractivity contribution < 1.29 is 23.8 Å². The van der Waals surface area contributed by atoms with Gasteiger partial charge in [0.25, 0.3) is 11.8 Å². The zero-order valence-corrected chi connectivity index (χ0v) is 22.0. The summed E-state index contributed by atoms with van der Waals surface area (Å²) in [7, 11) is 1.71. The zero-order chi connectivity index (χ0) is 26.8. The first kappa shape index (κ1) is 25.3. The maximum atomic E-state index is 13.4. The van der Waals surface area contributed by atoms with E-state index in [1.165, 1.54) is 6.20 Å². The van der Waals surface area contributed by atoms with Crippen LogP contribution in [0.5, 0.6) is 17.2 Å². The van der Waals surface area contributed by atoms with Crippen molar-refractivity contribution in [3.05, 3.63) is 78.1 Å². The van der Waals surface area contributed by atoms with Crippen molar-refractivity contribution in [3.8, 4) is 17.2 Å². The lowest BCUT2D eigenvalue weighted by Gasteiger charge is -2.52. The fourth-order valence-corrected chi connectivity index (χ4v) is 5.59. The van der Waals surface area contributed by atoms with Crippen molar-refractivity contribution in [1.29, 1.82) is 0 Å². The van der Waals surface area contributed by atoms with E-state index in [4.69, 9.17) is 14.2 Å². The minimum Gasteiger partial charge on any atom is -0.489 e. The van der Waals surface area contributed by atoms with E-state index in [2.05, 4.69) is 15.2 Å². The number of ether oxygens (including phenoxy) is 3. The van der Waals surface area contributed by atoms with Gasteiger partial charge in [-0.1, -0.05) is 24.3 Å². The smallest absolute Gasteiger partial charge is 0.270 e. The lowest BCUT2D eigenvalue weighted by atomic mass is 9.73. The first-order chi connectivity index (χ1) is 19.0. The van der Waals surface area contributed by atoms with Gasteiger partial charge in [-0.2, -0.15) is 0 Å². The summed E-state index contributed by atoms with van der Waals surface area (Å²) in [5.74, 6) is 1.02. The fraction of sp³-hybridized carbons (Fsp3) is 0.367. The van der Waals surface area contributed by atoms with Gasteiger partial charge >= 0.3 is 0 Å². The van der Waals surface area contributed by atoms with E-state index in [-0.39, 0.29) is 18.2 Å². The van der Waals surface area contributed by atoms with Gasteiger partial charge in [-0.3, -0.25) is 19.5 Å². The zero-order valence-electron chi connectivity index (χ0n) is 22.0. The van der Waals surface area contributed by atoms with E-state index in [0.717, 1.165) is 51.3 Å². The Balaban J connectivity index is 1.10. The molecule has 0 radical (unpaired) electrons. The van der Waals surface area contributed by atoms with E-state index >= 15 is 0 Å². The molecule has 9 nitrogen and oxygen atoms in total. The molecule has 0 aliphatic carbocycles. The van der Waals surface area contributed by atoms with Crippen molar-refractivity contribution in [3.63, 3.8) is 0 Å². The number of hydrogen-bond donors (Lipinski definition) is 1. The van der Waals surface area contributed by atoms with E-state index in [9.17, 15) is 9.59 Å². The Kier molecular flexibility index (Phi) is 6.93. The number of carbonyl (C=O) groups excluding carboxylic acids is 2. The highest BCUT2D eigenvalue weighted by atomic mass is 16.5. The van der Waals surface area contributed by atoms with Crippen LogP contribution in [0.1, 0.15) is 28.9 Å². The molecule has 1 aromatic heterocycles. The molecular weight excluding hydrogens is 496 g/mol. The van der Waals surface area contributed by atoms with Gasteiger partial charge in [0.05, 0.1) is 5.69 Å². The minimum absolute atomic E-state index is 0.0260. The predicted octanol–water partition coefficient (Wildman–Crippen LogP) is 3.64. The number of likely N-dealkylation sites (tertiary alicyclic amines) is 1. The fourth-order valence-electron chi connectivity index (χ4n) is 5.59. The Morgan fingerprint density at radius 2 is 1.87 bits per heavy atom. The summed E-state index contributed by atoms with van der Waals surface area (Å²) in [6, 6.07) is 17.6. The molecule has 4 heterocycles. The van der Waals surface area contributed by atoms with Gasteiger partial charge in [-0.05, 0) is 48.7 Å². The monoisotopic (exact) mass is 528 g/mol. The van der Waals surface area contributed by atoms with Gasteiger partial charge < -0.3 is 24.4 Å². The van der Waals surface area contributed by atoms with E-state index in [1.54, 1.807) is 24.1 Å². The van der Waals surface area contributed by atoms with Crippen LogP contribution in [0.4, 0.5) is 5.69 Å². The molecule has 9 heteroatoms. The largest absolute Gasteiger partial charge is 0.489 e. The van der Waals surface area contributed by atoms with Crippen LogP contribution in [0.3, 0.4) is 0 Å². The summed E-state index contributed by atoms with van der Waals surface area (Å²) < 4.78 is 17.3. The Hall–Kier alpha value is -3.95. The van der Waals surface area contributed by atoms with Gasteiger partial charge in [0.15, 0.2) is 0 Å². The third-order valence-electron chi connectivity index (χ3n) is 7.74. The van der Waals surface area contributed by atoms with Crippen molar-refractivity contribution in [2.24, 2.45) is 5.41 Å². The normalized spacial score (nSPS) is 20.4. The number of anilines is 1. The number of likely N-dealkylation sites (N-methyl/N-ethyl adjacent to an activating group) is 1. The molecule has 2 fully saturated rings. The number of pyridine rings is 1. The lowest BCUT2D eigenvalue weighted by molar-refractivity contribution is -0.120. The molecule has 3 aliphatic heterocycles. The molecule has 39 heavy (non-hydrogen) atoms. The Morgan fingerprint density at radius 3 is 2.67 bits per heavy atom. The van der Waals surface area contributed by atoms with Gasteiger partial charge in [0, 0.05) is 57.6 Å². The number of nitrogens with one attached hydrogen (secondary N) is 1. The lowest BCUT2D eigenvalue weighted by Crippen LogP contribution is -2.57. The molecule has 3 aliphatic rings. The van der Waals surface area contributed by atoms with Crippen molar-refractivity contribution in [2.75, 3.05) is 44.9 Å². The molecular formula is C30H32N4O5. The van der Waals surface area contributed by atoms with Crippen LogP contribution < -0.4 is 19.7 Å². The van der Waals surface area contributed by atoms with Crippen LogP contribution in [0.15, 0.2) is 66.9 Å². The van der Waals surface area contributed by atoms with Gasteiger partial charge in [-0.25, -0.2) is 0 Å². The number of aromatic nitrogens is 1. The number of amides is 2. The molecule has 1 spiro atoms. The van der Waals surface area contributed by atoms with E-state index in [1.807, 2.05) is 48.5 Å². The number of fused-ring (bicyclic) bond motifs is 1. The van der Waals surface area contributed by atoms with Gasteiger partial charge in [0.1, 0.15) is 35.6 Å². The topological polar surface area (TPSA) is 93.2 Å². The average molecular weight is 529 g/mol. The van der Waals surface area contributed by atoms with Crippen LogP contribution >= 0.6 is 0 Å². The Morgan fingerprint density at radius 1 is 1.08 bits per heavy atom. The third-order valence-corrected chi connectivity index (χ3v) is 7.74. The second kappa shape index (κ2) is 10.7. The summed E-state index contributed by atoms with van der Waals surface area (Å²) in [6.45, 7) is 4.73. The van der Waals surface area contributed by atoms with E-state index < -0.39 is 11.9 Å². The Labute approximate surface area is 227 Å². The standard InChI is InChI=1S/C30H32N4O5/c1-33-26-15-21(17-34-19-30(20-34)10-13-37-14-11-30)7-8-27(26)38-18-25(29(33)36)32-28(35)24-16-23(9-12-31-24)39-22-5-3-2-4-6-22/h2-9,12,15-16,25H,10-11,13-14,17-20H2,1H3,(H,32,35). The molecule has 1 atom stereocenters. The number of carbonyl (C=O) groups is 2. The third kappa shape index (κ3) is 5.46. The second-order valence-corrected chi connectivity index (χ2v) is 10.6. The summed E-state index contributed by atoms with van der Waals surface area (Å²) >= 11 is 0. The molecule has 0 saturated carbocycles. The number of hydrogen-bond acceptors (Lipinski definition) is 7. The summed E-state index contributed by atoms with van der Waals surface area (Å²) in [5, 5.41) is 2.79. The van der Waals surface area contributed by atoms with Gasteiger partial charge in [-0.15, -0.1) is 0 Å². The SMILES string of the molecule is CN1C(=O)C(NC(=O)c2cc(Oc3ccccc3)ccn2)COc2ccc(CN3CC4(CCOCC4)C3)cc21.